The first-order valence-electron chi connectivity index (χ1n) is 10.8. The number of hydrogen-bond donors (Lipinski definition) is 2. The third kappa shape index (κ3) is 4.28. The van der Waals surface area contributed by atoms with Gasteiger partial charge in [0.05, 0.1) is 18.5 Å². The third-order valence-electron chi connectivity index (χ3n) is 6.22. The summed E-state index contributed by atoms with van der Waals surface area (Å²) in [6.45, 7) is 1.34. The highest BCUT2D eigenvalue weighted by Crippen LogP contribution is 2.39. The highest BCUT2D eigenvalue weighted by atomic mass is 32.2. The maximum Gasteiger partial charge on any atom is 0.321 e. The predicted octanol–water partition coefficient (Wildman–Crippen LogP) is 3.37. The molecule has 2 bridgehead atoms. The molecule has 0 radical (unpaired) electrons. The summed E-state index contributed by atoms with van der Waals surface area (Å²) in [4.78, 5) is 27.4. The number of sulfonamides is 1. The number of amides is 2. The fourth-order valence-corrected chi connectivity index (χ4v) is 6.82. The van der Waals surface area contributed by atoms with Crippen molar-refractivity contribution in [2.45, 2.75) is 23.1 Å². The summed E-state index contributed by atoms with van der Waals surface area (Å²) in [6, 6.07) is 13.0. The van der Waals surface area contributed by atoms with Crippen LogP contribution in [0.1, 0.15) is 18.0 Å². The Morgan fingerprint density at radius 1 is 1.09 bits per heavy atom. The molecule has 0 saturated carbocycles. The molecule has 0 unspecified atom stereocenters. The van der Waals surface area contributed by atoms with E-state index in [1.165, 1.54) is 18.2 Å². The van der Waals surface area contributed by atoms with E-state index < -0.39 is 10.0 Å². The monoisotopic (exact) mass is 500 g/mol. The average Bonchev–Trinajstić information content (AvgIpc) is 3.37. The Balaban J connectivity index is 1.40. The lowest BCUT2D eigenvalue weighted by molar-refractivity contribution is 0.140. The number of carbonyl (C=O) groups excluding carboxylic acids is 1. The maximum atomic E-state index is 13.0. The van der Waals surface area contributed by atoms with E-state index in [1.54, 1.807) is 52.3 Å². The molecular weight excluding hydrogens is 476 g/mol. The van der Waals surface area contributed by atoms with E-state index in [9.17, 15) is 18.0 Å². The number of benzene rings is 1. The molecule has 2 aliphatic heterocycles. The zero-order valence-electron chi connectivity index (χ0n) is 18.4. The smallest absolute Gasteiger partial charge is 0.321 e. The van der Waals surface area contributed by atoms with E-state index in [-0.39, 0.29) is 27.6 Å². The molecule has 0 aliphatic carbocycles. The number of thiophene rings is 1. The summed E-state index contributed by atoms with van der Waals surface area (Å²) < 4.78 is 35.4. The number of nitrogens with zero attached hydrogens (tertiary/aromatic N) is 2. The summed E-state index contributed by atoms with van der Waals surface area (Å²) in [6.07, 6.45) is 0.781. The van der Waals surface area contributed by atoms with Gasteiger partial charge in [-0.2, -0.15) is 0 Å². The molecule has 2 amide bonds. The topological polar surface area (TPSA) is 110 Å². The number of nitrogens with one attached hydrogen (secondary N) is 2. The largest absolute Gasteiger partial charge is 0.497 e. The fourth-order valence-electron chi connectivity index (χ4n) is 4.76. The molecule has 178 valence electrons. The first kappa shape index (κ1) is 22.5. The van der Waals surface area contributed by atoms with Crippen LogP contribution in [-0.4, -0.2) is 44.1 Å². The lowest BCUT2D eigenvalue weighted by atomic mass is 9.82. The number of pyridine rings is 1. The van der Waals surface area contributed by atoms with Gasteiger partial charge in [0.25, 0.3) is 15.6 Å². The van der Waals surface area contributed by atoms with Crippen LogP contribution in [0, 0.1) is 5.92 Å². The Bertz CT molecular complexity index is 1370. The van der Waals surface area contributed by atoms with Crippen LogP contribution < -0.4 is 20.3 Å². The van der Waals surface area contributed by atoms with Crippen LogP contribution in [0.5, 0.6) is 5.75 Å². The van der Waals surface area contributed by atoms with Crippen molar-refractivity contribution in [1.82, 2.24) is 9.47 Å². The van der Waals surface area contributed by atoms with Gasteiger partial charge in [0.15, 0.2) is 0 Å². The van der Waals surface area contributed by atoms with Crippen molar-refractivity contribution in [3.8, 4) is 5.75 Å². The summed E-state index contributed by atoms with van der Waals surface area (Å²) in [5.74, 6) is 0.642. The van der Waals surface area contributed by atoms with E-state index in [0.717, 1.165) is 17.8 Å². The van der Waals surface area contributed by atoms with Gasteiger partial charge in [-0.3, -0.25) is 9.52 Å². The van der Waals surface area contributed by atoms with Crippen LogP contribution in [0.25, 0.3) is 0 Å². The lowest BCUT2D eigenvalue weighted by Crippen LogP contribution is -2.50. The Labute approximate surface area is 201 Å². The second kappa shape index (κ2) is 8.80. The fraction of sp³-hybridized carbons (Fsp3) is 0.304. The van der Waals surface area contributed by atoms with Crippen molar-refractivity contribution < 1.29 is 17.9 Å². The van der Waals surface area contributed by atoms with Gasteiger partial charge >= 0.3 is 6.03 Å². The van der Waals surface area contributed by atoms with Gasteiger partial charge in [0.2, 0.25) is 0 Å². The zero-order chi connectivity index (χ0) is 23.9. The number of anilines is 2. The van der Waals surface area contributed by atoms with Crippen LogP contribution in [0.3, 0.4) is 0 Å². The molecule has 4 heterocycles. The number of fused-ring (bicyclic) bond motifs is 4. The average molecular weight is 501 g/mol. The zero-order valence-corrected chi connectivity index (χ0v) is 20.1. The minimum atomic E-state index is -3.77. The number of carbonyl (C=O) groups is 1. The molecule has 2 N–H and O–H groups in total. The van der Waals surface area contributed by atoms with Gasteiger partial charge in [0.1, 0.15) is 9.96 Å². The minimum Gasteiger partial charge on any atom is -0.497 e. The van der Waals surface area contributed by atoms with Crippen LogP contribution in [0.2, 0.25) is 0 Å². The molecule has 1 fully saturated rings. The standard InChI is InChI=1S/C23H24N4O5S2/c1-32-18-6-4-17(5-7-18)24-23(29)26-12-15-11-16(14-26)22-19(8-9-20(28)27(22)13-15)25-34(30,31)21-3-2-10-33-21/h2-10,15-16,25H,11-14H2,1H3,(H,24,29)/t15-,16-/m1/s1. The number of piperidine rings is 1. The SMILES string of the molecule is COc1ccc(NC(=O)N2C[C@H]3C[C@H](C2)c2c(NS(=O)(=O)c4cccs4)ccc(=O)n2C3)cc1. The molecular formula is C23H24N4O5S2. The quantitative estimate of drug-likeness (QED) is 0.558. The van der Waals surface area contributed by atoms with Crippen molar-refractivity contribution in [2.24, 2.45) is 5.92 Å². The summed E-state index contributed by atoms with van der Waals surface area (Å²) >= 11 is 1.13. The molecule has 9 nitrogen and oxygen atoms in total. The van der Waals surface area contributed by atoms with Crippen LogP contribution >= 0.6 is 11.3 Å². The number of urea groups is 1. The molecule has 1 aromatic carbocycles. The molecule has 1 saturated heterocycles. The Morgan fingerprint density at radius 2 is 1.88 bits per heavy atom. The Kier molecular flexibility index (Phi) is 5.82. The van der Waals surface area contributed by atoms with Gasteiger partial charge in [-0.25, -0.2) is 13.2 Å². The number of hydrogen-bond acceptors (Lipinski definition) is 6. The second-order valence-electron chi connectivity index (χ2n) is 8.48. The molecule has 34 heavy (non-hydrogen) atoms. The number of rotatable bonds is 5. The number of likely N-dealkylation sites (tertiary alicyclic amines) is 1. The Hall–Kier alpha value is -3.31. The van der Waals surface area contributed by atoms with Gasteiger partial charge < -0.3 is 19.5 Å². The minimum absolute atomic E-state index is 0.106. The van der Waals surface area contributed by atoms with E-state index >= 15 is 0 Å². The first-order chi connectivity index (χ1) is 16.3. The Morgan fingerprint density at radius 3 is 2.59 bits per heavy atom. The molecule has 2 aliphatic rings. The summed E-state index contributed by atoms with van der Waals surface area (Å²) in [5.41, 5.74) is 1.50. The highest BCUT2D eigenvalue weighted by Gasteiger charge is 2.38. The molecule has 2 aromatic heterocycles. The van der Waals surface area contributed by atoms with Crippen LogP contribution in [-0.2, 0) is 16.6 Å². The van der Waals surface area contributed by atoms with Crippen LogP contribution in [0.4, 0.5) is 16.2 Å². The summed E-state index contributed by atoms with van der Waals surface area (Å²) in [7, 11) is -2.19. The number of methoxy groups -OCH3 is 1. The maximum absolute atomic E-state index is 13.0. The van der Waals surface area contributed by atoms with Crippen LogP contribution in [0.15, 0.2) is 62.9 Å². The summed E-state index contributed by atoms with van der Waals surface area (Å²) in [5, 5.41) is 4.61. The van der Waals surface area contributed by atoms with Crippen molar-refractivity contribution >= 4 is 38.8 Å². The van der Waals surface area contributed by atoms with Crippen molar-refractivity contribution in [2.75, 3.05) is 30.2 Å². The van der Waals surface area contributed by atoms with Crippen molar-refractivity contribution in [1.29, 1.82) is 0 Å². The molecule has 11 heteroatoms. The number of aromatic nitrogens is 1. The third-order valence-corrected chi connectivity index (χ3v) is 8.99. The molecule has 3 aromatic rings. The second-order valence-corrected chi connectivity index (χ2v) is 11.3. The van der Waals surface area contributed by atoms with Gasteiger partial charge in [-0.1, -0.05) is 6.07 Å². The lowest BCUT2D eigenvalue weighted by Gasteiger charge is -2.43. The van der Waals surface area contributed by atoms with E-state index in [0.29, 0.717) is 42.5 Å². The van der Waals surface area contributed by atoms with Gasteiger partial charge in [-0.05, 0) is 54.1 Å². The molecule has 0 spiro atoms. The van der Waals surface area contributed by atoms with Gasteiger partial charge in [0, 0.05) is 37.3 Å². The molecule has 2 atom stereocenters. The van der Waals surface area contributed by atoms with E-state index in [2.05, 4.69) is 10.0 Å². The first-order valence-corrected chi connectivity index (χ1v) is 13.2. The predicted molar refractivity (Wildman–Crippen MR) is 130 cm³/mol. The highest BCUT2D eigenvalue weighted by molar-refractivity contribution is 7.94. The van der Waals surface area contributed by atoms with Crippen molar-refractivity contribution in [3.63, 3.8) is 0 Å². The van der Waals surface area contributed by atoms with Gasteiger partial charge in [-0.15, -0.1) is 11.3 Å². The number of ether oxygens (including phenoxy) is 1. The van der Waals surface area contributed by atoms with E-state index in [4.69, 9.17) is 4.74 Å². The molecule has 5 rings (SSSR count). The van der Waals surface area contributed by atoms with E-state index in [1.807, 2.05) is 0 Å². The van der Waals surface area contributed by atoms with Crippen molar-refractivity contribution in [3.05, 3.63) is 70.0 Å². The normalized spacial score (nSPS) is 19.3.